The van der Waals surface area contributed by atoms with Crippen LogP contribution in [0, 0.1) is 0 Å². The SMILES string of the molecule is CC1(C)c2cc(-c3cc(-c4ccc5ccccc5c4)cc(-c4cc5ccc6ccccc6c5c5ccccc45)c3)ccc2-c2ccc(-c3ccc4ccccc4c3)cc21. The number of hydrogen-bond donors (Lipinski definition) is 0. The van der Waals surface area contributed by atoms with E-state index in [4.69, 9.17) is 0 Å². The molecule has 59 heavy (non-hydrogen) atoms. The van der Waals surface area contributed by atoms with Crippen LogP contribution < -0.4 is 0 Å². The van der Waals surface area contributed by atoms with Gasteiger partial charge in [-0.1, -0.05) is 172 Å². The number of fused-ring (bicyclic) bond motifs is 10. The minimum absolute atomic E-state index is 0.163. The highest BCUT2D eigenvalue weighted by Crippen LogP contribution is 2.51. The molecular formula is C59H40. The lowest BCUT2D eigenvalue weighted by molar-refractivity contribution is 0.661. The van der Waals surface area contributed by atoms with Crippen molar-refractivity contribution in [2.45, 2.75) is 19.3 Å². The Kier molecular flexibility index (Phi) is 7.38. The Labute approximate surface area is 344 Å². The van der Waals surface area contributed by atoms with Crippen molar-refractivity contribution in [3.63, 3.8) is 0 Å². The van der Waals surface area contributed by atoms with Crippen molar-refractivity contribution in [3.05, 3.63) is 217 Å². The van der Waals surface area contributed by atoms with E-state index < -0.39 is 0 Å². The van der Waals surface area contributed by atoms with E-state index in [0.717, 1.165) is 0 Å². The number of hydrogen-bond acceptors (Lipinski definition) is 0. The van der Waals surface area contributed by atoms with Gasteiger partial charge in [-0.05, 0) is 169 Å². The molecule has 0 aliphatic heterocycles. The lowest BCUT2D eigenvalue weighted by atomic mass is 9.80. The number of benzene rings is 11. The van der Waals surface area contributed by atoms with Gasteiger partial charge in [-0.25, -0.2) is 0 Å². The van der Waals surface area contributed by atoms with Crippen LogP contribution in [0.2, 0.25) is 0 Å². The van der Waals surface area contributed by atoms with Gasteiger partial charge >= 0.3 is 0 Å². The standard InChI is InChI=1S/C59H40/c1-59(2)56-35-44(42-22-19-37-11-3-5-14-40(37)29-42)25-27-52(56)53-28-26-45(36-57(53)59)48-31-47(43-23-20-38-12-4-6-15-41(38)30-43)32-49(33-48)55-34-46-24-21-39-13-7-8-16-50(39)58(46)54-18-10-9-17-51(54)55/h3-36H,1-2H3. The maximum absolute atomic E-state index is 2.47. The van der Waals surface area contributed by atoms with Crippen molar-refractivity contribution in [2.24, 2.45) is 0 Å². The quantitative estimate of drug-likeness (QED) is 0.157. The molecular weight excluding hydrogens is 709 g/mol. The van der Waals surface area contributed by atoms with Crippen molar-refractivity contribution < 1.29 is 0 Å². The van der Waals surface area contributed by atoms with Crippen LogP contribution in [0.3, 0.4) is 0 Å². The third kappa shape index (κ3) is 5.37. The van der Waals surface area contributed by atoms with E-state index in [2.05, 4.69) is 220 Å². The monoisotopic (exact) mass is 748 g/mol. The summed E-state index contributed by atoms with van der Waals surface area (Å²) < 4.78 is 0. The van der Waals surface area contributed by atoms with Gasteiger partial charge in [0.2, 0.25) is 0 Å². The molecule has 0 atom stereocenters. The molecule has 0 aromatic heterocycles. The minimum atomic E-state index is -0.163. The second-order valence-electron chi connectivity index (χ2n) is 16.9. The summed E-state index contributed by atoms with van der Waals surface area (Å²) in [6, 6.07) is 77.2. The second kappa shape index (κ2) is 12.9. The van der Waals surface area contributed by atoms with Crippen LogP contribution in [0.4, 0.5) is 0 Å². The van der Waals surface area contributed by atoms with Gasteiger partial charge in [-0.2, -0.15) is 0 Å². The third-order valence-corrected chi connectivity index (χ3v) is 13.2. The van der Waals surface area contributed by atoms with E-state index in [1.807, 2.05) is 0 Å². The summed E-state index contributed by atoms with van der Waals surface area (Å²) in [6.07, 6.45) is 0. The summed E-state index contributed by atoms with van der Waals surface area (Å²) in [5.74, 6) is 0. The highest BCUT2D eigenvalue weighted by atomic mass is 14.4. The van der Waals surface area contributed by atoms with E-state index in [-0.39, 0.29) is 5.41 Å². The van der Waals surface area contributed by atoms with Gasteiger partial charge < -0.3 is 0 Å². The molecule has 12 rings (SSSR count). The summed E-state index contributed by atoms with van der Waals surface area (Å²) >= 11 is 0. The molecule has 1 aliphatic rings. The Morgan fingerprint density at radius 3 is 1.31 bits per heavy atom. The predicted octanol–water partition coefficient (Wildman–Crippen LogP) is 16.4. The molecule has 0 bridgehead atoms. The first-order chi connectivity index (χ1) is 29.0. The maximum Gasteiger partial charge on any atom is 0.0159 e. The Morgan fingerprint density at radius 2 is 0.678 bits per heavy atom. The lowest BCUT2D eigenvalue weighted by Crippen LogP contribution is -2.15. The molecule has 0 unspecified atom stereocenters. The zero-order valence-electron chi connectivity index (χ0n) is 33.1. The molecule has 0 radical (unpaired) electrons. The fraction of sp³-hybridized carbons (Fsp3) is 0.0508. The van der Waals surface area contributed by atoms with Crippen molar-refractivity contribution >= 4 is 53.9 Å². The molecule has 11 aromatic rings. The van der Waals surface area contributed by atoms with Crippen molar-refractivity contribution in [1.29, 1.82) is 0 Å². The van der Waals surface area contributed by atoms with E-state index in [1.54, 1.807) is 0 Å². The molecule has 0 N–H and O–H groups in total. The summed E-state index contributed by atoms with van der Waals surface area (Å²) in [4.78, 5) is 0. The Hall–Kier alpha value is -7.28. The first-order valence-electron chi connectivity index (χ1n) is 20.7. The average Bonchev–Trinajstić information content (AvgIpc) is 3.52. The smallest absolute Gasteiger partial charge is 0.0159 e. The van der Waals surface area contributed by atoms with E-state index in [9.17, 15) is 0 Å². The van der Waals surface area contributed by atoms with Crippen LogP contribution in [0.5, 0.6) is 0 Å². The first-order valence-corrected chi connectivity index (χ1v) is 20.7. The van der Waals surface area contributed by atoms with Gasteiger partial charge in [0, 0.05) is 5.41 Å². The molecule has 0 amide bonds. The molecule has 1 aliphatic carbocycles. The minimum Gasteiger partial charge on any atom is -0.0616 e. The largest absolute Gasteiger partial charge is 0.0616 e. The zero-order valence-corrected chi connectivity index (χ0v) is 33.1. The molecule has 11 aromatic carbocycles. The van der Waals surface area contributed by atoms with Gasteiger partial charge in [0.1, 0.15) is 0 Å². The lowest BCUT2D eigenvalue weighted by Gasteiger charge is -2.23. The molecule has 0 saturated heterocycles. The molecule has 0 spiro atoms. The van der Waals surface area contributed by atoms with Crippen molar-refractivity contribution in [3.8, 4) is 55.6 Å². The third-order valence-electron chi connectivity index (χ3n) is 13.2. The van der Waals surface area contributed by atoms with E-state index >= 15 is 0 Å². The average molecular weight is 749 g/mol. The zero-order chi connectivity index (χ0) is 39.2. The molecule has 0 heterocycles. The van der Waals surface area contributed by atoms with Crippen LogP contribution in [0.25, 0.3) is 109 Å². The fourth-order valence-electron chi connectivity index (χ4n) is 10.1. The Bertz CT molecular complexity index is 3530. The predicted molar refractivity (Wildman–Crippen MR) is 253 cm³/mol. The summed E-state index contributed by atoms with van der Waals surface area (Å²) in [6.45, 7) is 4.79. The molecule has 0 saturated carbocycles. The molecule has 0 heteroatoms. The molecule has 0 nitrogen and oxygen atoms in total. The van der Waals surface area contributed by atoms with Gasteiger partial charge in [-0.15, -0.1) is 0 Å². The highest BCUT2D eigenvalue weighted by Gasteiger charge is 2.36. The fourth-order valence-corrected chi connectivity index (χ4v) is 10.1. The van der Waals surface area contributed by atoms with Crippen LogP contribution >= 0.6 is 0 Å². The van der Waals surface area contributed by atoms with Crippen LogP contribution in [0.1, 0.15) is 25.0 Å². The summed E-state index contributed by atoms with van der Waals surface area (Å²) in [5, 5.41) is 12.7. The summed E-state index contributed by atoms with van der Waals surface area (Å²) in [5.41, 5.74) is 15.2. The van der Waals surface area contributed by atoms with Crippen LogP contribution in [-0.4, -0.2) is 0 Å². The van der Waals surface area contributed by atoms with Crippen LogP contribution in [0.15, 0.2) is 206 Å². The topological polar surface area (TPSA) is 0 Å². The highest BCUT2D eigenvalue weighted by molar-refractivity contribution is 6.23. The van der Waals surface area contributed by atoms with E-state index in [0.29, 0.717) is 0 Å². The van der Waals surface area contributed by atoms with Gasteiger partial charge in [0.15, 0.2) is 0 Å². The van der Waals surface area contributed by atoms with Gasteiger partial charge in [0.25, 0.3) is 0 Å². The number of rotatable bonds is 4. The van der Waals surface area contributed by atoms with Gasteiger partial charge in [0.05, 0.1) is 0 Å². The van der Waals surface area contributed by atoms with Crippen molar-refractivity contribution in [2.75, 3.05) is 0 Å². The second-order valence-corrected chi connectivity index (χ2v) is 16.9. The Balaban J connectivity index is 1.03. The van der Waals surface area contributed by atoms with Gasteiger partial charge in [-0.3, -0.25) is 0 Å². The summed E-state index contributed by atoms with van der Waals surface area (Å²) in [7, 11) is 0. The molecule has 0 fully saturated rings. The normalized spacial score (nSPS) is 13.1. The van der Waals surface area contributed by atoms with E-state index in [1.165, 1.54) is 121 Å². The maximum atomic E-state index is 2.47. The van der Waals surface area contributed by atoms with Crippen molar-refractivity contribution in [1.82, 2.24) is 0 Å². The van der Waals surface area contributed by atoms with Crippen LogP contribution in [-0.2, 0) is 5.41 Å². The molecule has 276 valence electrons. The Morgan fingerprint density at radius 1 is 0.254 bits per heavy atom. The first kappa shape index (κ1) is 33.8.